The van der Waals surface area contributed by atoms with Crippen LogP contribution in [0.15, 0.2) is 54.6 Å². The van der Waals surface area contributed by atoms with Gasteiger partial charge in [0.15, 0.2) is 0 Å². The summed E-state index contributed by atoms with van der Waals surface area (Å²) in [6, 6.07) is 15.7. The maximum atomic E-state index is 13.1. The Morgan fingerprint density at radius 3 is 2.56 bits per heavy atom. The number of amides is 2. The minimum Gasteiger partial charge on any atom is -0.342 e. The predicted octanol–water partition coefficient (Wildman–Crippen LogP) is 5.22. The Balaban J connectivity index is 1.19. The molecule has 0 radical (unpaired) electrons. The van der Waals surface area contributed by atoms with Crippen LogP contribution in [0, 0.1) is 5.82 Å². The molecule has 7 heteroatoms. The van der Waals surface area contributed by atoms with Gasteiger partial charge in [0, 0.05) is 49.1 Å². The Morgan fingerprint density at radius 1 is 1.06 bits per heavy atom. The third-order valence-electron chi connectivity index (χ3n) is 6.31. The number of aromatic amines is 1. The van der Waals surface area contributed by atoms with E-state index >= 15 is 0 Å². The van der Waals surface area contributed by atoms with Gasteiger partial charge in [0.1, 0.15) is 5.82 Å². The van der Waals surface area contributed by atoms with Gasteiger partial charge in [0.25, 0.3) is 5.91 Å². The Labute approximate surface area is 199 Å². The van der Waals surface area contributed by atoms with Crippen molar-refractivity contribution in [2.75, 3.05) is 25.0 Å². The van der Waals surface area contributed by atoms with Crippen molar-refractivity contribution in [2.45, 2.75) is 44.9 Å². The molecule has 3 aromatic rings. The molecular formula is C27H31FN4O2. The van der Waals surface area contributed by atoms with Crippen LogP contribution in [0.25, 0.3) is 11.3 Å². The maximum Gasteiger partial charge on any atom is 0.253 e. The Bertz CT molecular complexity index is 1110. The average Bonchev–Trinajstić information content (AvgIpc) is 3.33. The van der Waals surface area contributed by atoms with Gasteiger partial charge in [-0.15, -0.1) is 0 Å². The number of unbranched alkanes of at least 4 members (excludes halogenated alkanes) is 2. The lowest BCUT2D eigenvalue weighted by Crippen LogP contribution is -2.35. The number of carbonyl (C=O) groups excluding carboxylic acids is 2. The molecule has 0 bridgehead atoms. The van der Waals surface area contributed by atoms with Crippen LogP contribution >= 0.6 is 0 Å². The number of benzene rings is 2. The summed E-state index contributed by atoms with van der Waals surface area (Å²) >= 11 is 0. The zero-order valence-corrected chi connectivity index (χ0v) is 19.6. The SMILES string of the molecule is CN(CCCCCc1cc(-c2ccc(F)cc2)n[nH]1)C(=O)c1ccc(N2CCCCC2=O)cc1. The summed E-state index contributed by atoms with van der Waals surface area (Å²) < 4.78 is 13.1. The van der Waals surface area contributed by atoms with Gasteiger partial charge in [-0.25, -0.2) is 4.39 Å². The van der Waals surface area contributed by atoms with Gasteiger partial charge in [0.2, 0.25) is 5.91 Å². The number of nitrogens with one attached hydrogen (secondary N) is 1. The van der Waals surface area contributed by atoms with Crippen LogP contribution in [0.4, 0.5) is 10.1 Å². The number of halogens is 1. The van der Waals surface area contributed by atoms with Crippen LogP contribution in [-0.2, 0) is 11.2 Å². The minimum atomic E-state index is -0.256. The maximum absolute atomic E-state index is 13.1. The molecule has 1 aliphatic heterocycles. The fraction of sp³-hybridized carbons (Fsp3) is 0.370. The second-order valence-electron chi connectivity index (χ2n) is 8.87. The molecule has 0 spiro atoms. The van der Waals surface area contributed by atoms with Crippen molar-refractivity contribution in [1.82, 2.24) is 15.1 Å². The highest BCUT2D eigenvalue weighted by atomic mass is 19.1. The van der Waals surface area contributed by atoms with E-state index in [4.69, 9.17) is 0 Å². The van der Waals surface area contributed by atoms with Crippen LogP contribution in [-0.4, -0.2) is 47.0 Å². The molecule has 2 aromatic carbocycles. The standard InChI is InChI=1S/C27H31FN4O2/c1-31(27(34)21-11-15-24(16-12-21)32-18-6-4-8-26(32)33)17-5-2-3-7-23-19-25(30-29-23)20-9-13-22(28)14-10-20/h9-16,19H,2-8,17-18H2,1H3,(H,29,30). The Hall–Kier alpha value is -3.48. The number of aryl methyl sites for hydroxylation is 1. The second-order valence-corrected chi connectivity index (χ2v) is 8.87. The summed E-state index contributed by atoms with van der Waals surface area (Å²) in [4.78, 5) is 28.4. The molecule has 0 saturated carbocycles. The van der Waals surface area contributed by atoms with Crippen molar-refractivity contribution in [1.29, 1.82) is 0 Å². The number of hydrogen-bond donors (Lipinski definition) is 1. The molecule has 6 nitrogen and oxygen atoms in total. The third-order valence-corrected chi connectivity index (χ3v) is 6.31. The van der Waals surface area contributed by atoms with Crippen molar-refractivity contribution in [3.05, 3.63) is 71.7 Å². The molecule has 0 atom stereocenters. The lowest BCUT2D eigenvalue weighted by Gasteiger charge is -2.27. The smallest absolute Gasteiger partial charge is 0.253 e. The molecule has 1 saturated heterocycles. The van der Waals surface area contributed by atoms with Gasteiger partial charge < -0.3 is 9.80 Å². The van der Waals surface area contributed by atoms with E-state index in [1.54, 1.807) is 17.0 Å². The van der Waals surface area contributed by atoms with Gasteiger partial charge in [-0.1, -0.05) is 6.42 Å². The second kappa shape index (κ2) is 11.1. The number of piperidine rings is 1. The van der Waals surface area contributed by atoms with E-state index in [-0.39, 0.29) is 17.6 Å². The van der Waals surface area contributed by atoms with E-state index < -0.39 is 0 Å². The summed E-state index contributed by atoms with van der Waals surface area (Å²) in [5.41, 5.74) is 4.26. The number of rotatable bonds is 9. The number of carbonyl (C=O) groups is 2. The first kappa shape index (κ1) is 23.7. The highest BCUT2D eigenvalue weighted by molar-refractivity contribution is 5.96. The lowest BCUT2D eigenvalue weighted by atomic mass is 10.1. The van der Waals surface area contributed by atoms with Crippen LogP contribution in [0.1, 0.15) is 54.6 Å². The summed E-state index contributed by atoms with van der Waals surface area (Å²) in [5.74, 6) is -0.104. The first-order chi connectivity index (χ1) is 16.5. The first-order valence-corrected chi connectivity index (χ1v) is 12.0. The fourth-order valence-electron chi connectivity index (χ4n) is 4.28. The molecule has 1 fully saturated rings. The van der Waals surface area contributed by atoms with Gasteiger partial charge in [-0.3, -0.25) is 14.7 Å². The molecular weight excluding hydrogens is 431 g/mol. The molecule has 4 rings (SSSR count). The minimum absolute atomic E-state index is 0.00553. The summed E-state index contributed by atoms with van der Waals surface area (Å²) in [5, 5.41) is 7.37. The van der Waals surface area contributed by atoms with E-state index in [0.29, 0.717) is 18.5 Å². The van der Waals surface area contributed by atoms with Gasteiger partial charge >= 0.3 is 0 Å². The van der Waals surface area contributed by atoms with Crippen molar-refractivity contribution >= 4 is 17.5 Å². The molecule has 1 aliphatic rings. The quantitative estimate of drug-likeness (QED) is 0.444. The number of anilines is 1. The molecule has 178 valence electrons. The number of H-pyrrole nitrogens is 1. The van der Waals surface area contributed by atoms with E-state index in [1.165, 1.54) is 12.1 Å². The summed E-state index contributed by atoms with van der Waals surface area (Å²) in [6.45, 7) is 1.44. The van der Waals surface area contributed by atoms with Crippen molar-refractivity contribution in [3.63, 3.8) is 0 Å². The largest absolute Gasteiger partial charge is 0.342 e. The molecule has 34 heavy (non-hydrogen) atoms. The number of nitrogens with zero attached hydrogens (tertiary/aromatic N) is 3. The Kier molecular flexibility index (Phi) is 7.72. The van der Waals surface area contributed by atoms with Crippen molar-refractivity contribution in [2.24, 2.45) is 0 Å². The molecule has 2 heterocycles. The van der Waals surface area contributed by atoms with Crippen LogP contribution in [0.3, 0.4) is 0 Å². The third kappa shape index (κ3) is 5.90. The van der Waals surface area contributed by atoms with Gasteiger partial charge in [0.05, 0.1) is 5.69 Å². The monoisotopic (exact) mass is 462 g/mol. The topological polar surface area (TPSA) is 69.3 Å². The van der Waals surface area contributed by atoms with Gasteiger partial charge in [-0.2, -0.15) is 5.10 Å². The number of hydrogen-bond acceptors (Lipinski definition) is 3. The molecule has 2 amide bonds. The van der Waals surface area contributed by atoms with Crippen LogP contribution in [0.2, 0.25) is 0 Å². The normalized spacial score (nSPS) is 13.8. The van der Waals surface area contributed by atoms with Crippen LogP contribution < -0.4 is 4.90 Å². The lowest BCUT2D eigenvalue weighted by molar-refractivity contribution is -0.119. The van der Waals surface area contributed by atoms with E-state index in [1.807, 2.05) is 42.3 Å². The molecule has 0 unspecified atom stereocenters. The van der Waals surface area contributed by atoms with E-state index in [2.05, 4.69) is 10.2 Å². The predicted molar refractivity (Wildman–Crippen MR) is 131 cm³/mol. The molecule has 1 N–H and O–H groups in total. The highest BCUT2D eigenvalue weighted by Crippen LogP contribution is 2.22. The Morgan fingerprint density at radius 2 is 1.82 bits per heavy atom. The van der Waals surface area contributed by atoms with Gasteiger partial charge in [-0.05, 0) is 86.7 Å². The van der Waals surface area contributed by atoms with Crippen LogP contribution in [0.5, 0.6) is 0 Å². The zero-order valence-electron chi connectivity index (χ0n) is 19.6. The number of aromatic nitrogens is 2. The van der Waals surface area contributed by atoms with Crippen molar-refractivity contribution in [3.8, 4) is 11.3 Å². The average molecular weight is 463 g/mol. The van der Waals surface area contributed by atoms with E-state index in [0.717, 1.165) is 67.7 Å². The fourth-order valence-corrected chi connectivity index (χ4v) is 4.28. The molecule has 1 aromatic heterocycles. The highest BCUT2D eigenvalue weighted by Gasteiger charge is 2.20. The first-order valence-electron chi connectivity index (χ1n) is 12.0. The van der Waals surface area contributed by atoms with E-state index in [9.17, 15) is 14.0 Å². The molecule has 0 aliphatic carbocycles. The van der Waals surface area contributed by atoms with Crippen molar-refractivity contribution < 1.29 is 14.0 Å². The summed E-state index contributed by atoms with van der Waals surface area (Å²) in [7, 11) is 1.83. The summed E-state index contributed by atoms with van der Waals surface area (Å²) in [6.07, 6.45) is 6.36. The zero-order chi connectivity index (χ0) is 23.9.